The summed E-state index contributed by atoms with van der Waals surface area (Å²) in [6, 6.07) is 15.4. The van der Waals surface area contributed by atoms with Crippen molar-refractivity contribution in [2.24, 2.45) is 5.92 Å². The van der Waals surface area contributed by atoms with Crippen molar-refractivity contribution in [2.75, 3.05) is 19.6 Å². The van der Waals surface area contributed by atoms with Crippen LogP contribution in [0.2, 0.25) is 0 Å². The van der Waals surface area contributed by atoms with Crippen molar-refractivity contribution in [1.82, 2.24) is 10.2 Å². The molecule has 1 saturated heterocycles. The van der Waals surface area contributed by atoms with Crippen LogP contribution in [0.3, 0.4) is 0 Å². The van der Waals surface area contributed by atoms with Gasteiger partial charge in [0, 0.05) is 31.6 Å². The molecule has 2 aromatic rings. The number of piperazine rings is 1. The highest BCUT2D eigenvalue weighted by atomic mass is 35.5. The van der Waals surface area contributed by atoms with E-state index in [0.29, 0.717) is 17.9 Å². The van der Waals surface area contributed by atoms with E-state index in [-0.39, 0.29) is 18.3 Å². The monoisotopic (exact) mass is 330 g/mol. The Kier molecular flexibility index (Phi) is 4.60. The molecular formula is C19H23ClN2O. The Labute approximate surface area is 143 Å². The molecule has 3 nitrogen and oxygen atoms in total. The van der Waals surface area contributed by atoms with Crippen molar-refractivity contribution in [3.05, 3.63) is 48.0 Å². The van der Waals surface area contributed by atoms with Crippen molar-refractivity contribution in [3.8, 4) is 0 Å². The molecule has 0 bridgehead atoms. The summed E-state index contributed by atoms with van der Waals surface area (Å²) in [7, 11) is 0. The lowest BCUT2D eigenvalue weighted by Crippen LogP contribution is -2.52. The largest absolute Gasteiger partial charge is 0.337 e. The molecule has 0 radical (unpaired) electrons. The second-order valence-corrected chi connectivity index (χ2v) is 6.64. The Hall–Kier alpha value is -1.58. The number of rotatable bonds is 2. The first-order valence-corrected chi connectivity index (χ1v) is 8.24. The molecule has 1 N–H and O–H groups in total. The van der Waals surface area contributed by atoms with Crippen LogP contribution in [0, 0.1) is 5.92 Å². The molecule has 1 aliphatic carbocycles. The van der Waals surface area contributed by atoms with E-state index in [1.165, 1.54) is 16.3 Å². The van der Waals surface area contributed by atoms with Gasteiger partial charge in [0.2, 0.25) is 5.91 Å². The van der Waals surface area contributed by atoms with E-state index in [1.54, 1.807) is 0 Å². The van der Waals surface area contributed by atoms with Gasteiger partial charge in [0.15, 0.2) is 0 Å². The van der Waals surface area contributed by atoms with E-state index < -0.39 is 0 Å². The van der Waals surface area contributed by atoms with Crippen LogP contribution in [0.25, 0.3) is 10.8 Å². The maximum atomic E-state index is 12.7. The molecule has 1 aliphatic heterocycles. The smallest absolute Gasteiger partial charge is 0.226 e. The molecule has 2 aromatic carbocycles. The number of carbonyl (C=O) groups excluding carboxylic acids is 1. The molecule has 1 heterocycles. The number of carbonyl (C=O) groups is 1. The van der Waals surface area contributed by atoms with E-state index in [2.05, 4.69) is 59.6 Å². The normalized spacial score (nSPS) is 26.7. The van der Waals surface area contributed by atoms with Gasteiger partial charge in [-0.05, 0) is 35.6 Å². The van der Waals surface area contributed by atoms with Crippen LogP contribution in [-0.4, -0.2) is 36.5 Å². The van der Waals surface area contributed by atoms with Gasteiger partial charge >= 0.3 is 0 Å². The highest BCUT2D eigenvalue weighted by Crippen LogP contribution is 2.49. The summed E-state index contributed by atoms with van der Waals surface area (Å²) in [6.07, 6.45) is 1.01. The van der Waals surface area contributed by atoms with E-state index in [4.69, 9.17) is 0 Å². The standard InChI is InChI=1S/C19H22N2O.ClH/c1-13-12-20-8-9-21(13)19(22)18-11-17(18)16-7-6-14-4-2-3-5-15(14)10-16;/h2-7,10,13,17-18,20H,8-9,11-12H2,1H3;1H. The lowest BCUT2D eigenvalue weighted by atomic mass is 10.0. The van der Waals surface area contributed by atoms with E-state index in [0.717, 1.165) is 26.1 Å². The topological polar surface area (TPSA) is 32.3 Å². The summed E-state index contributed by atoms with van der Waals surface area (Å²) in [6.45, 7) is 4.82. The van der Waals surface area contributed by atoms with Gasteiger partial charge in [-0.1, -0.05) is 42.5 Å². The SMILES string of the molecule is CC1CNCCN1C(=O)C1CC1c1ccc2ccccc2c1.Cl. The summed E-state index contributed by atoms with van der Waals surface area (Å²) in [5.74, 6) is 0.966. The number of hydrogen-bond acceptors (Lipinski definition) is 2. The first-order valence-electron chi connectivity index (χ1n) is 8.24. The Morgan fingerprint density at radius 2 is 1.96 bits per heavy atom. The van der Waals surface area contributed by atoms with Gasteiger partial charge in [0.1, 0.15) is 0 Å². The Bertz CT molecular complexity index is 717. The molecule has 3 atom stereocenters. The molecule has 3 unspecified atom stereocenters. The zero-order valence-electron chi connectivity index (χ0n) is 13.4. The molecule has 0 aromatic heterocycles. The number of nitrogens with one attached hydrogen (secondary N) is 1. The van der Waals surface area contributed by atoms with Crippen LogP contribution in [-0.2, 0) is 4.79 Å². The molecule has 4 rings (SSSR count). The molecule has 2 fully saturated rings. The van der Waals surface area contributed by atoms with Crippen molar-refractivity contribution >= 4 is 29.1 Å². The van der Waals surface area contributed by atoms with Crippen LogP contribution < -0.4 is 5.32 Å². The maximum Gasteiger partial charge on any atom is 0.226 e. The zero-order chi connectivity index (χ0) is 15.1. The molecule has 1 amide bonds. The zero-order valence-corrected chi connectivity index (χ0v) is 14.2. The van der Waals surface area contributed by atoms with Crippen molar-refractivity contribution in [1.29, 1.82) is 0 Å². The predicted octanol–water partition coefficient (Wildman–Crippen LogP) is 3.19. The number of halogens is 1. The molecule has 122 valence electrons. The van der Waals surface area contributed by atoms with Gasteiger partial charge in [0.05, 0.1) is 0 Å². The van der Waals surface area contributed by atoms with Crippen LogP contribution in [0.1, 0.15) is 24.8 Å². The van der Waals surface area contributed by atoms with Crippen LogP contribution in [0.4, 0.5) is 0 Å². The van der Waals surface area contributed by atoms with Crippen molar-refractivity contribution in [2.45, 2.75) is 25.3 Å². The lowest BCUT2D eigenvalue weighted by Gasteiger charge is -2.34. The third-order valence-electron chi connectivity index (χ3n) is 5.09. The van der Waals surface area contributed by atoms with Gasteiger partial charge in [-0.3, -0.25) is 4.79 Å². The number of benzene rings is 2. The Morgan fingerprint density at radius 3 is 2.74 bits per heavy atom. The van der Waals surface area contributed by atoms with E-state index in [1.807, 2.05) is 0 Å². The highest BCUT2D eigenvalue weighted by Gasteiger charge is 2.46. The molecule has 2 aliphatic rings. The van der Waals surface area contributed by atoms with Gasteiger partial charge in [-0.15, -0.1) is 12.4 Å². The third kappa shape index (κ3) is 3.08. The van der Waals surface area contributed by atoms with Crippen LogP contribution in [0.5, 0.6) is 0 Å². The Balaban J connectivity index is 0.00000156. The van der Waals surface area contributed by atoms with Crippen molar-refractivity contribution in [3.63, 3.8) is 0 Å². The minimum absolute atomic E-state index is 0. The Morgan fingerprint density at radius 1 is 1.17 bits per heavy atom. The lowest BCUT2D eigenvalue weighted by molar-refractivity contribution is -0.135. The highest BCUT2D eigenvalue weighted by molar-refractivity contribution is 5.86. The molecular weight excluding hydrogens is 308 g/mol. The average molecular weight is 331 g/mol. The van der Waals surface area contributed by atoms with E-state index >= 15 is 0 Å². The van der Waals surface area contributed by atoms with Gasteiger partial charge < -0.3 is 10.2 Å². The molecule has 4 heteroatoms. The van der Waals surface area contributed by atoms with Crippen molar-refractivity contribution < 1.29 is 4.79 Å². The molecule has 1 saturated carbocycles. The second-order valence-electron chi connectivity index (χ2n) is 6.64. The number of hydrogen-bond donors (Lipinski definition) is 1. The average Bonchev–Trinajstić information content (AvgIpc) is 3.35. The van der Waals surface area contributed by atoms with Gasteiger partial charge in [-0.25, -0.2) is 0 Å². The quantitative estimate of drug-likeness (QED) is 0.917. The minimum Gasteiger partial charge on any atom is -0.337 e. The summed E-state index contributed by atoms with van der Waals surface area (Å²) in [5.41, 5.74) is 1.32. The molecule has 23 heavy (non-hydrogen) atoms. The summed E-state index contributed by atoms with van der Waals surface area (Å²) < 4.78 is 0. The van der Waals surface area contributed by atoms with E-state index in [9.17, 15) is 4.79 Å². The second kappa shape index (κ2) is 6.50. The summed E-state index contributed by atoms with van der Waals surface area (Å²) >= 11 is 0. The van der Waals surface area contributed by atoms with Crippen LogP contribution >= 0.6 is 12.4 Å². The number of nitrogens with zero attached hydrogens (tertiary/aromatic N) is 1. The fraction of sp³-hybridized carbons (Fsp3) is 0.421. The first-order chi connectivity index (χ1) is 10.7. The third-order valence-corrected chi connectivity index (χ3v) is 5.09. The fourth-order valence-electron chi connectivity index (χ4n) is 3.66. The minimum atomic E-state index is 0. The maximum absolute atomic E-state index is 12.7. The first kappa shape index (κ1) is 16.3. The fourth-order valence-corrected chi connectivity index (χ4v) is 3.66. The summed E-state index contributed by atoms with van der Waals surface area (Å²) in [4.78, 5) is 14.8. The number of fused-ring (bicyclic) bond motifs is 1. The van der Waals surface area contributed by atoms with Crippen LogP contribution in [0.15, 0.2) is 42.5 Å². The number of amides is 1. The van der Waals surface area contributed by atoms with Gasteiger partial charge in [0.25, 0.3) is 0 Å². The molecule has 0 spiro atoms. The van der Waals surface area contributed by atoms with Gasteiger partial charge in [-0.2, -0.15) is 0 Å². The summed E-state index contributed by atoms with van der Waals surface area (Å²) in [5, 5.41) is 5.89. The predicted molar refractivity (Wildman–Crippen MR) is 96.1 cm³/mol.